The van der Waals surface area contributed by atoms with Crippen LogP contribution in [0, 0.1) is 0 Å². The molecule has 8 nitrogen and oxygen atoms in total. The molecule has 3 aromatic rings. The third kappa shape index (κ3) is 4.39. The zero-order valence-corrected chi connectivity index (χ0v) is 15.9. The second kappa shape index (κ2) is 8.11. The van der Waals surface area contributed by atoms with Gasteiger partial charge in [-0.1, -0.05) is 31.1 Å². The summed E-state index contributed by atoms with van der Waals surface area (Å²) in [5.41, 5.74) is 2.18. The van der Waals surface area contributed by atoms with Gasteiger partial charge in [-0.3, -0.25) is 4.79 Å². The summed E-state index contributed by atoms with van der Waals surface area (Å²) in [7, 11) is 1.55. The SMILES string of the molecule is COc1nc2ccccc2nc1CCC(=O)NC(C)c1nc(C(C)C)no1. The van der Waals surface area contributed by atoms with Crippen LogP contribution in [0.4, 0.5) is 0 Å². The lowest BCUT2D eigenvalue weighted by Crippen LogP contribution is -2.27. The molecule has 0 aliphatic carbocycles. The Bertz CT molecular complexity index is 938. The number of nitrogens with one attached hydrogen (secondary N) is 1. The Morgan fingerprint density at radius 3 is 2.48 bits per heavy atom. The van der Waals surface area contributed by atoms with Gasteiger partial charge in [-0.05, 0) is 19.1 Å². The first-order chi connectivity index (χ1) is 13.0. The molecule has 0 aliphatic rings. The number of carbonyl (C=O) groups is 1. The van der Waals surface area contributed by atoms with Crippen LogP contribution in [-0.4, -0.2) is 33.1 Å². The van der Waals surface area contributed by atoms with Gasteiger partial charge in [0, 0.05) is 18.8 Å². The maximum atomic E-state index is 12.3. The van der Waals surface area contributed by atoms with Crippen LogP contribution in [0.3, 0.4) is 0 Å². The van der Waals surface area contributed by atoms with Crippen LogP contribution in [0.25, 0.3) is 11.0 Å². The molecule has 142 valence electrons. The molecule has 0 fully saturated rings. The van der Waals surface area contributed by atoms with Crippen LogP contribution >= 0.6 is 0 Å². The Balaban J connectivity index is 1.63. The molecule has 0 radical (unpaired) electrons. The number of hydrogen-bond donors (Lipinski definition) is 1. The Labute approximate surface area is 157 Å². The highest BCUT2D eigenvalue weighted by Crippen LogP contribution is 2.20. The number of nitrogens with zero attached hydrogens (tertiary/aromatic N) is 4. The molecule has 27 heavy (non-hydrogen) atoms. The molecule has 3 rings (SSSR count). The van der Waals surface area contributed by atoms with Crippen molar-refractivity contribution in [1.82, 2.24) is 25.4 Å². The van der Waals surface area contributed by atoms with Crippen molar-refractivity contribution in [1.29, 1.82) is 0 Å². The number of hydrogen-bond acceptors (Lipinski definition) is 7. The number of aromatic nitrogens is 4. The van der Waals surface area contributed by atoms with Gasteiger partial charge in [-0.15, -0.1) is 0 Å². The van der Waals surface area contributed by atoms with Gasteiger partial charge < -0.3 is 14.6 Å². The summed E-state index contributed by atoms with van der Waals surface area (Å²) < 4.78 is 10.5. The Kier molecular flexibility index (Phi) is 5.63. The molecule has 1 aromatic carbocycles. The highest BCUT2D eigenvalue weighted by molar-refractivity contribution is 5.77. The minimum atomic E-state index is -0.359. The van der Waals surface area contributed by atoms with Gasteiger partial charge in [-0.25, -0.2) is 9.97 Å². The normalized spacial score (nSPS) is 12.3. The largest absolute Gasteiger partial charge is 0.480 e. The van der Waals surface area contributed by atoms with E-state index in [-0.39, 0.29) is 24.3 Å². The Morgan fingerprint density at radius 2 is 1.85 bits per heavy atom. The van der Waals surface area contributed by atoms with Crippen molar-refractivity contribution in [3.63, 3.8) is 0 Å². The molecule has 1 N–H and O–H groups in total. The van der Waals surface area contributed by atoms with Crippen molar-refractivity contribution in [2.75, 3.05) is 7.11 Å². The van der Waals surface area contributed by atoms with Crippen molar-refractivity contribution < 1.29 is 14.1 Å². The highest BCUT2D eigenvalue weighted by Gasteiger charge is 2.18. The summed E-state index contributed by atoms with van der Waals surface area (Å²) in [6.45, 7) is 5.78. The van der Waals surface area contributed by atoms with E-state index in [1.807, 2.05) is 45.0 Å². The lowest BCUT2D eigenvalue weighted by molar-refractivity contribution is -0.121. The van der Waals surface area contributed by atoms with E-state index in [2.05, 4.69) is 25.4 Å². The van der Waals surface area contributed by atoms with Crippen LogP contribution in [-0.2, 0) is 11.2 Å². The van der Waals surface area contributed by atoms with Crippen molar-refractivity contribution in [3.05, 3.63) is 41.7 Å². The fourth-order valence-corrected chi connectivity index (χ4v) is 2.61. The lowest BCUT2D eigenvalue weighted by atomic mass is 10.2. The smallest absolute Gasteiger partial charge is 0.248 e. The minimum absolute atomic E-state index is 0.135. The van der Waals surface area contributed by atoms with Gasteiger partial charge in [0.05, 0.1) is 18.1 Å². The Hall–Kier alpha value is -3.03. The summed E-state index contributed by atoms with van der Waals surface area (Å²) in [5.74, 6) is 1.50. The molecule has 1 atom stereocenters. The van der Waals surface area contributed by atoms with Gasteiger partial charge >= 0.3 is 0 Å². The van der Waals surface area contributed by atoms with Crippen molar-refractivity contribution in [2.45, 2.75) is 45.6 Å². The molecular formula is C19H23N5O3. The second-order valence-electron chi connectivity index (χ2n) is 6.60. The number of aryl methyl sites for hydroxylation is 1. The third-order valence-electron chi connectivity index (χ3n) is 4.11. The first-order valence-corrected chi connectivity index (χ1v) is 8.90. The minimum Gasteiger partial charge on any atom is -0.480 e. The number of benzene rings is 1. The van der Waals surface area contributed by atoms with Crippen molar-refractivity contribution in [3.8, 4) is 5.88 Å². The van der Waals surface area contributed by atoms with E-state index in [1.54, 1.807) is 7.11 Å². The lowest BCUT2D eigenvalue weighted by Gasteiger charge is -2.11. The van der Waals surface area contributed by atoms with Crippen molar-refractivity contribution >= 4 is 16.9 Å². The zero-order valence-electron chi connectivity index (χ0n) is 15.9. The molecule has 1 amide bonds. The number of ether oxygens (including phenoxy) is 1. The van der Waals surface area contributed by atoms with E-state index in [0.717, 1.165) is 11.0 Å². The van der Waals surface area contributed by atoms with Crippen molar-refractivity contribution in [2.24, 2.45) is 0 Å². The van der Waals surface area contributed by atoms with E-state index in [1.165, 1.54) is 0 Å². The molecule has 0 aliphatic heterocycles. The topological polar surface area (TPSA) is 103 Å². The molecule has 0 bridgehead atoms. The predicted octanol–water partition coefficient (Wildman–Crippen LogP) is 2.95. The molecule has 1 unspecified atom stereocenters. The monoisotopic (exact) mass is 369 g/mol. The summed E-state index contributed by atoms with van der Waals surface area (Å²) in [6.07, 6.45) is 0.666. The number of para-hydroxylation sites is 2. The van der Waals surface area contributed by atoms with Gasteiger partial charge in [-0.2, -0.15) is 4.98 Å². The van der Waals surface area contributed by atoms with E-state index in [4.69, 9.17) is 9.26 Å². The highest BCUT2D eigenvalue weighted by atomic mass is 16.5. The number of methoxy groups -OCH3 is 1. The number of carbonyl (C=O) groups excluding carboxylic acids is 1. The second-order valence-corrected chi connectivity index (χ2v) is 6.60. The maximum absolute atomic E-state index is 12.3. The van der Waals surface area contributed by atoms with E-state index >= 15 is 0 Å². The molecule has 0 saturated carbocycles. The molecule has 0 spiro atoms. The van der Waals surface area contributed by atoms with Crippen LogP contribution in [0.15, 0.2) is 28.8 Å². The fourth-order valence-electron chi connectivity index (χ4n) is 2.61. The number of fused-ring (bicyclic) bond motifs is 1. The average molecular weight is 369 g/mol. The third-order valence-corrected chi connectivity index (χ3v) is 4.11. The van der Waals surface area contributed by atoms with Gasteiger partial charge in [0.25, 0.3) is 0 Å². The molecule has 0 saturated heterocycles. The van der Waals surface area contributed by atoms with Gasteiger partial charge in [0.15, 0.2) is 5.82 Å². The van der Waals surface area contributed by atoms with Crippen LogP contribution in [0.2, 0.25) is 0 Å². The summed E-state index contributed by atoms with van der Waals surface area (Å²) >= 11 is 0. The number of rotatable bonds is 7. The molecule has 2 heterocycles. The van der Waals surface area contributed by atoms with Crippen LogP contribution < -0.4 is 10.1 Å². The van der Waals surface area contributed by atoms with E-state index in [0.29, 0.717) is 29.7 Å². The summed E-state index contributed by atoms with van der Waals surface area (Å²) in [4.78, 5) is 25.6. The summed E-state index contributed by atoms with van der Waals surface area (Å²) in [6, 6.07) is 7.20. The zero-order chi connectivity index (χ0) is 19.4. The quantitative estimate of drug-likeness (QED) is 0.683. The molecule has 8 heteroatoms. The van der Waals surface area contributed by atoms with Gasteiger partial charge in [0.1, 0.15) is 11.7 Å². The fraction of sp³-hybridized carbons (Fsp3) is 0.421. The first kappa shape index (κ1) is 18.8. The first-order valence-electron chi connectivity index (χ1n) is 8.90. The summed E-state index contributed by atoms with van der Waals surface area (Å²) in [5, 5.41) is 6.79. The van der Waals surface area contributed by atoms with E-state index < -0.39 is 0 Å². The van der Waals surface area contributed by atoms with Crippen LogP contribution in [0.1, 0.15) is 56.6 Å². The Morgan fingerprint density at radius 1 is 1.15 bits per heavy atom. The maximum Gasteiger partial charge on any atom is 0.248 e. The molecular weight excluding hydrogens is 346 g/mol. The predicted molar refractivity (Wildman–Crippen MR) is 99.4 cm³/mol. The average Bonchev–Trinajstić information content (AvgIpc) is 3.16. The van der Waals surface area contributed by atoms with Crippen LogP contribution in [0.5, 0.6) is 5.88 Å². The van der Waals surface area contributed by atoms with Gasteiger partial charge in [0.2, 0.25) is 17.7 Å². The number of amides is 1. The molecule has 2 aromatic heterocycles. The standard InChI is InChI=1S/C19H23N5O3/c1-11(2)17-23-18(27-24-17)12(3)20-16(25)10-9-15-19(26-4)22-14-8-6-5-7-13(14)21-15/h5-8,11-12H,9-10H2,1-4H3,(H,20,25). The van der Waals surface area contributed by atoms with E-state index in [9.17, 15) is 4.79 Å².